The first-order valence-corrected chi connectivity index (χ1v) is 8.35. The van der Waals surface area contributed by atoms with Crippen molar-refractivity contribution in [1.82, 2.24) is 10.1 Å². The number of ether oxygens (including phenoxy) is 2. The van der Waals surface area contributed by atoms with E-state index in [2.05, 4.69) is 14.9 Å². The van der Waals surface area contributed by atoms with Gasteiger partial charge in [-0.05, 0) is 48.0 Å². The van der Waals surface area contributed by atoms with Crippen molar-refractivity contribution in [1.29, 1.82) is 0 Å². The monoisotopic (exact) mass is 406 g/mol. The van der Waals surface area contributed by atoms with Crippen LogP contribution in [0.5, 0.6) is 5.75 Å². The van der Waals surface area contributed by atoms with E-state index in [-0.39, 0.29) is 18.2 Å². The Bertz CT molecular complexity index is 957. The third-order valence-corrected chi connectivity index (χ3v) is 3.68. The van der Waals surface area contributed by atoms with Crippen molar-refractivity contribution < 1.29 is 27.6 Å². The van der Waals surface area contributed by atoms with Crippen LogP contribution in [0.3, 0.4) is 0 Å². The van der Waals surface area contributed by atoms with Gasteiger partial charge in [0, 0.05) is 16.7 Å². The molecule has 28 heavy (non-hydrogen) atoms. The summed E-state index contributed by atoms with van der Waals surface area (Å²) in [6.07, 6.45) is 2.67. The number of carbonyl (C=O) groups is 1. The highest BCUT2D eigenvalue weighted by Gasteiger charge is 2.10. The molecule has 9 heteroatoms. The quantitative estimate of drug-likeness (QED) is 0.416. The summed E-state index contributed by atoms with van der Waals surface area (Å²) in [5.41, 5.74) is 1.33. The van der Waals surface area contributed by atoms with Gasteiger partial charge < -0.3 is 14.0 Å². The molecule has 0 aliphatic heterocycles. The van der Waals surface area contributed by atoms with E-state index in [1.54, 1.807) is 24.3 Å². The molecule has 0 saturated heterocycles. The lowest BCUT2D eigenvalue weighted by molar-refractivity contribution is -0.139. The predicted molar refractivity (Wildman–Crippen MR) is 96.6 cm³/mol. The lowest BCUT2D eigenvalue weighted by atomic mass is 10.2. The molecule has 0 fully saturated rings. The smallest absolute Gasteiger partial charge is 0.387 e. The number of carbonyl (C=O) groups excluding carboxylic acids is 1. The van der Waals surface area contributed by atoms with Gasteiger partial charge in [0.15, 0.2) is 6.61 Å². The summed E-state index contributed by atoms with van der Waals surface area (Å²) in [5, 5.41) is 4.40. The zero-order chi connectivity index (χ0) is 19.9. The summed E-state index contributed by atoms with van der Waals surface area (Å²) < 4.78 is 38.5. The van der Waals surface area contributed by atoms with E-state index in [1.165, 1.54) is 36.4 Å². The molecule has 3 rings (SSSR count). The summed E-state index contributed by atoms with van der Waals surface area (Å²) in [4.78, 5) is 15.9. The molecule has 0 N–H and O–H groups in total. The highest BCUT2D eigenvalue weighted by atomic mass is 35.5. The van der Waals surface area contributed by atoms with Crippen LogP contribution in [0.15, 0.2) is 59.1 Å². The third-order valence-electron chi connectivity index (χ3n) is 3.43. The fraction of sp³-hybridized carbons (Fsp3) is 0.105. The Balaban J connectivity index is 1.51. The molecule has 2 aromatic carbocycles. The van der Waals surface area contributed by atoms with Gasteiger partial charge in [0.1, 0.15) is 5.75 Å². The highest BCUT2D eigenvalue weighted by molar-refractivity contribution is 6.30. The molecule has 6 nitrogen and oxygen atoms in total. The average Bonchev–Trinajstić information content (AvgIpc) is 3.15. The van der Waals surface area contributed by atoms with Crippen LogP contribution in [-0.4, -0.2) is 22.7 Å². The molecule has 0 aliphatic carbocycles. The van der Waals surface area contributed by atoms with Gasteiger partial charge in [0.05, 0.1) is 0 Å². The van der Waals surface area contributed by atoms with Crippen LogP contribution in [0, 0.1) is 0 Å². The summed E-state index contributed by atoms with van der Waals surface area (Å²) in [6.45, 7) is -3.08. The van der Waals surface area contributed by atoms with Crippen LogP contribution in [-0.2, 0) is 16.1 Å². The Kier molecular flexibility index (Phi) is 6.33. The maximum Gasteiger partial charge on any atom is 0.387 e. The zero-order valence-electron chi connectivity index (χ0n) is 14.2. The molecule has 0 unspecified atom stereocenters. The fourth-order valence-electron chi connectivity index (χ4n) is 2.14. The van der Waals surface area contributed by atoms with E-state index < -0.39 is 12.6 Å². The number of nitrogens with zero attached hydrogens (tertiary/aromatic N) is 2. The number of alkyl halides is 2. The van der Waals surface area contributed by atoms with E-state index in [0.717, 1.165) is 0 Å². The van der Waals surface area contributed by atoms with Gasteiger partial charge in [0.25, 0.3) is 5.89 Å². The van der Waals surface area contributed by atoms with Crippen LogP contribution in [0.25, 0.3) is 17.5 Å². The highest BCUT2D eigenvalue weighted by Crippen LogP contribution is 2.19. The van der Waals surface area contributed by atoms with Gasteiger partial charge in [0.2, 0.25) is 5.82 Å². The Hall–Kier alpha value is -3.26. The van der Waals surface area contributed by atoms with Crippen molar-refractivity contribution in [2.24, 2.45) is 0 Å². The molecule has 3 aromatic rings. The van der Waals surface area contributed by atoms with E-state index >= 15 is 0 Å². The van der Waals surface area contributed by atoms with Crippen LogP contribution < -0.4 is 4.74 Å². The fourth-order valence-corrected chi connectivity index (χ4v) is 2.26. The molecule has 1 aromatic heterocycles. The minimum Gasteiger partial charge on any atom is -0.452 e. The van der Waals surface area contributed by atoms with Crippen molar-refractivity contribution >= 4 is 23.6 Å². The SMILES string of the molecule is O=C(/C=C/c1ccc(OC(F)F)cc1)OCc1nc(-c2ccc(Cl)cc2)no1. The summed E-state index contributed by atoms with van der Waals surface area (Å²) >= 11 is 5.83. The number of aromatic nitrogens is 2. The second-order valence-electron chi connectivity index (χ2n) is 5.41. The molecule has 1 heterocycles. The molecule has 0 aliphatic rings. The number of benzene rings is 2. The van der Waals surface area contributed by atoms with Crippen molar-refractivity contribution in [2.75, 3.05) is 0 Å². The minimum atomic E-state index is -2.89. The van der Waals surface area contributed by atoms with Crippen molar-refractivity contribution in [3.8, 4) is 17.1 Å². The normalized spacial score (nSPS) is 11.1. The van der Waals surface area contributed by atoms with E-state index in [4.69, 9.17) is 20.9 Å². The van der Waals surface area contributed by atoms with E-state index in [1.807, 2.05) is 0 Å². The second-order valence-corrected chi connectivity index (χ2v) is 5.84. The number of rotatable bonds is 7. The largest absolute Gasteiger partial charge is 0.452 e. The lowest BCUT2D eigenvalue weighted by Crippen LogP contribution is -2.01. The summed E-state index contributed by atoms with van der Waals surface area (Å²) in [7, 11) is 0. The molecule has 144 valence electrons. The van der Waals surface area contributed by atoms with Crippen molar-refractivity contribution in [3.05, 3.63) is 71.1 Å². The first-order valence-electron chi connectivity index (χ1n) is 7.98. The van der Waals surface area contributed by atoms with Gasteiger partial charge in [-0.1, -0.05) is 28.9 Å². The van der Waals surface area contributed by atoms with Crippen LogP contribution in [0.2, 0.25) is 5.02 Å². The van der Waals surface area contributed by atoms with Gasteiger partial charge in [-0.25, -0.2) is 4.79 Å². The average molecular weight is 407 g/mol. The molecule has 0 atom stereocenters. The van der Waals surface area contributed by atoms with Crippen LogP contribution in [0.4, 0.5) is 8.78 Å². The lowest BCUT2D eigenvalue weighted by Gasteiger charge is -2.03. The van der Waals surface area contributed by atoms with Crippen molar-refractivity contribution in [2.45, 2.75) is 13.2 Å². The van der Waals surface area contributed by atoms with E-state index in [0.29, 0.717) is 22.0 Å². The van der Waals surface area contributed by atoms with Gasteiger partial charge in [-0.2, -0.15) is 13.8 Å². The van der Waals surface area contributed by atoms with E-state index in [9.17, 15) is 13.6 Å². The molecule has 0 spiro atoms. The molecule has 0 bridgehead atoms. The number of halogens is 3. The first-order chi connectivity index (χ1) is 13.5. The Labute approximate surface area is 163 Å². The number of hydrogen-bond donors (Lipinski definition) is 0. The summed E-state index contributed by atoms with van der Waals surface area (Å²) in [5.74, 6) is -0.105. The molecule has 0 saturated carbocycles. The topological polar surface area (TPSA) is 74.5 Å². The molecular weight excluding hydrogens is 394 g/mol. The zero-order valence-corrected chi connectivity index (χ0v) is 15.0. The Morgan fingerprint density at radius 3 is 2.54 bits per heavy atom. The predicted octanol–water partition coefficient (Wildman–Crippen LogP) is 4.75. The van der Waals surface area contributed by atoms with Gasteiger partial charge in [-0.3, -0.25) is 0 Å². The molecular formula is C19H13ClF2N2O4. The van der Waals surface area contributed by atoms with Gasteiger partial charge >= 0.3 is 12.6 Å². The number of hydrogen-bond acceptors (Lipinski definition) is 6. The van der Waals surface area contributed by atoms with Gasteiger partial charge in [-0.15, -0.1) is 0 Å². The minimum absolute atomic E-state index is 0.0302. The first kappa shape index (κ1) is 19.5. The van der Waals surface area contributed by atoms with Crippen LogP contribution >= 0.6 is 11.6 Å². The molecule has 0 amide bonds. The Morgan fingerprint density at radius 2 is 1.86 bits per heavy atom. The number of esters is 1. The van der Waals surface area contributed by atoms with Crippen LogP contribution in [0.1, 0.15) is 11.5 Å². The standard InChI is InChI=1S/C19H13ClF2N2O4/c20-14-6-4-13(5-7-14)18-23-16(28-24-18)11-26-17(25)10-3-12-1-8-15(9-2-12)27-19(21)22/h1-10,19H,11H2/b10-3+. The second kappa shape index (κ2) is 9.09. The third kappa shape index (κ3) is 5.62. The maximum atomic E-state index is 12.1. The molecule has 0 radical (unpaired) electrons. The van der Waals surface area contributed by atoms with Crippen molar-refractivity contribution in [3.63, 3.8) is 0 Å². The Morgan fingerprint density at radius 1 is 1.14 bits per heavy atom. The maximum absolute atomic E-state index is 12.1. The summed E-state index contributed by atoms with van der Waals surface area (Å²) in [6, 6.07) is 12.7.